The van der Waals surface area contributed by atoms with Gasteiger partial charge >= 0.3 is 5.97 Å². The lowest BCUT2D eigenvalue weighted by Gasteiger charge is -2.35. The minimum Gasteiger partial charge on any atom is -0.466 e. The molecule has 6 nitrogen and oxygen atoms in total. The molecule has 1 aliphatic rings. The fourth-order valence-electron chi connectivity index (χ4n) is 4.02. The van der Waals surface area contributed by atoms with E-state index in [-0.39, 0.29) is 36.1 Å². The molecule has 0 radical (unpaired) electrons. The summed E-state index contributed by atoms with van der Waals surface area (Å²) in [6, 6.07) is 6.80. The minimum atomic E-state index is -3.49. The molecular weight excluding hydrogens is 392 g/mol. The molecule has 0 amide bonds. The van der Waals surface area contributed by atoms with E-state index >= 15 is 0 Å². The van der Waals surface area contributed by atoms with Crippen molar-refractivity contribution in [2.75, 3.05) is 20.5 Å². The molecule has 1 fully saturated rings. The van der Waals surface area contributed by atoms with Gasteiger partial charge in [0, 0.05) is 17.9 Å². The third kappa shape index (κ3) is 6.14. The second-order valence-electron chi connectivity index (χ2n) is 7.79. The Kier molecular flexibility index (Phi) is 8.43. The lowest BCUT2D eigenvalue weighted by molar-refractivity contribution is -0.153. The number of benzene rings is 1. The normalized spacial score (nSPS) is 24.8. The smallest absolute Gasteiger partial charge is 0.306 e. The van der Waals surface area contributed by atoms with Gasteiger partial charge in [-0.1, -0.05) is 30.7 Å². The molecule has 29 heavy (non-hydrogen) atoms. The number of ether oxygens (including phenoxy) is 3. The van der Waals surface area contributed by atoms with E-state index in [2.05, 4.69) is 0 Å². The van der Waals surface area contributed by atoms with Crippen LogP contribution in [0.2, 0.25) is 0 Å². The van der Waals surface area contributed by atoms with Crippen LogP contribution >= 0.6 is 0 Å². The Hall–Kier alpha value is -1.70. The van der Waals surface area contributed by atoms with Gasteiger partial charge in [-0.3, -0.25) is 4.79 Å². The van der Waals surface area contributed by atoms with Crippen LogP contribution in [0.4, 0.5) is 0 Å². The molecule has 1 saturated carbocycles. The number of carbonyl (C=O) groups excluding carboxylic acids is 1. The summed E-state index contributed by atoms with van der Waals surface area (Å²) in [5.74, 6) is -0.151. The van der Waals surface area contributed by atoms with Gasteiger partial charge in [-0.05, 0) is 51.2 Å². The van der Waals surface area contributed by atoms with Gasteiger partial charge in [0.2, 0.25) is 0 Å². The number of hydrogen-bond acceptors (Lipinski definition) is 6. The molecular formula is C22H32O6S. The van der Waals surface area contributed by atoms with Gasteiger partial charge in [0.25, 0.3) is 0 Å². The summed E-state index contributed by atoms with van der Waals surface area (Å²) in [5, 5.41) is 1.27. The highest BCUT2D eigenvalue weighted by Crippen LogP contribution is 2.49. The van der Waals surface area contributed by atoms with Crippen LogP contribution < -0.4 is 0 Å². The van der Waals surface area contributed by atoms with Gasteiger partial charge in [-0.15, -0.1) is 0 Å². The summed E-state index contributed by atoms with van der Waals surface area (Å²) in [6.45, 7) is 6.21. The van der Waals surface area contributed by atoms with Gasteiger partial charge in [-0.2, -0.15) is 0 Å². The summed E-state index contributed by atoms with van der Waals surface area (Å²) in [6.07, 6.45) is 3.98. The molecule has 0 unspecified atom stereocenters. The average molecular weight is 425 g/mol. The summed E-state index contributed by atoms with van der Waals surface area (Å²) in [4.78, 5) is 12.5. The van der Waals surface area contributed by atoms with E-state index in [1.54, 1.807) is 44.4 Å². The molecule has 0 aliphatic heterocycles. The van der Waals surface area contributed by atoms with E-state index in [0.717, 1.165) is 18.4 Å². The number of carbonyl (C=O) groups is 1. The SMILES string of the molecule is CCOC(=O)C[C@@]1(C)[C@H](C/C=C/S(=O)(=O)c2ccc(C)cc2)CC[C@@H]1OCOC. The summed E-state index contributed by atoms with van der Waals surface area (Å²) in [7, 11) is -1.93. The van der Waals surface area contributed by atoms with Crippen molar-refractivity contribution >= 4 is 15.8 Å². The van der Waals surface area contributed by atoms with Gasteiger partial charge in [0.05, 0.1) is 24.0 Å². The number of aryl methyl sites for hydroxylation is 1. The third-order valence-corrected chi connectivity index (χ3v) is 7.19. The van der Waals surface area contributed by atoms with Crippen LogP contribution in [-0.2, 0) is 28.8 Å². The quantitative estimate of drug-likeness (QED) is 0.417. The van der Waals surface area contributed by atoms with Gasteiger partial charge < -0.3 is 14.2 Å². The molecule has 2 rings (SSSR count). The first kappa shape index (κ1) is 23.6. The lowest BCUT2D eigenvalue weighted by atomic mass is 9.74. The largest absolute Gasteiger partial charge is 0.466 e. The first-order valence-corrected chi connectivity index (χ1v) is 11.5. The van der Waals surface area contributed by atoms with Crippen molar-refractivity contribution in [3.63, 3.8) is 0 Å². The molecule has 0 N–H and O–H groups in total. The number of hydrogen-bond donors (Lipinski definition) is 0. The van der Waals surface area contributed by atoms with E-state index in [1.807, 2.05) is 13.8 Å². The summed E-state index contributed by atoms with van der Waals surface area (Å²) in [5.41, 5.74) is 0.568. The topological polar surface area (TPSA) is 78.9 Å². The van der Waals surface area contributed by atoms with Crippen LogP contribution in [0.5, 0.6) is 0 Å². The number of allylic oxidation sites excluding steroid dienone is 1. The van der Waals surface area contributed by atoms with Crippen molar-refractivity contribution in [1.82, 2.24) is 0 Å². The zero-order valence-corrected chi connectivity index (χ0v) is 18.5. The van der Waals surface area contributed by atoms with Crippen LogP contribution in [0.15, 0.2) is 40.6 Å². The Morgan fingerprint density at radius 3 is 2.55 bits per heavy atom. The van der Waals surface area contributed by atoms with E-state index in [4.69, 9.17) is 14.2 Å². The summed E-state index contributed by atoms with van der Waals surface area (Å²) < 4.78 is 41.1. The molecule has 162 valence electrons. The molecule has 3 atom stereocenters. The highest BCUT2D eigenvalue weighted by atomic mass is 32.2. The van der Waals surface area contributed by atoms with Crippen LogP contribution in [-0.4, -0.2) is 41.0 Å². The number of esters is 1. The second-order valence-corrected chi connectivity index (χ2v) is 9.62. The molecule has 1 aromatic rings. The van der Waals surface area contributed by atoms with Gasteiger partial charge in [0.15, 0.2) is 9.84 Å². The average Bonchev–Trinajstić information content (AvgIpc) is 2.95. The maximum absolute atomic E-state index is 12.5. The van der Waals surface area contributed by atoms with Crippen LogP contribution in [0.1, 0.15) is 45.1 Å². The standard InChI is InChI=1S/C22H32O6S/c1-5-27-21(23)15-22(3)18(10-13-20(22)28-16-26-4)7-6-14-29(24,25)19-11-8-17(2)9-12-19/h6,8-9,11-12,14,18,20H,5,7,10,13,15-16H2,1-4H3/b14-6+/t18-,20+,22+/m1/s1. The van der Waals surface area contributed by atoms with Crippen LogP contribution in [0, 0.1) is 18.3 Å². The zero-order valence-electron chi connectivity index (χ0n) is 17.7. The Bertz CT molecular complexity index is 799. The fraction of sp³-hybridized carbons (Fsp3) is 0.591. The van der Waals surface area contributed by atoms with Gasteiger partial charge in [0.1, 0.15) is 6.79 Å². The Balaban J connectivity index is 2.12. The molecule has 7 heteroatoms. The number of rotatable bonds is 10. The van der Waals surface area contributed by atoms with Gasteiger partial charge in [-0.25, -0.2) is 8.42 Å². The molecule has 0 heterocycles. The monoisotopic (exact) mass is 424 g/mol. The second kappa shape index (κ2) is 10.4. The molecule has 0 bridgehead atoms. The van der Waals surface area contributed by atoms with Crippen molar-refractivity contribution in [3.05, 3.63) is 41.3 Å². The predicted octanol–water partition coefficient (Wildman–Crippen LogP) is 4.03. The van der Waals surface area contributed by atoms with E-state index in [0.29, 0.717) is 13.0 Å². The number of methoxy groups -OCH3 is 1. The van der Waals surface area contributed by atoms with E-state index in [9.17, 15) is 13.2 Å². The predicted molar refractivity (Wildman–Crippen MR) is 111 cm³/mol. The molecule has 0 aromatic heterocycles. The maximum Gasteiger partial charge on any atom is 0.306 e. The zero-order chi connectivity index (χ0) is 21.5. The lowest BCUT2D eigenvalue weighted by Crippen LogP contribution is -2.37. The van der Waals surface area contributed by atoms with Crippen molar-refractivity contribution in [2.45, 2.75) is 57.5 Å². The van der Waals surface area contributed by atoms with Crippen molar-refractivity contribution in [2.24, 2.45) is 11.3 Å². The molecule has 0 saturated heterocycles. The summed E-state index contributed by atoms with van der Waals surface area (Å²) >= 11 is 0. The molecule has 1 aliphatic carbocycles. The Labute approximate surface area is 174 Å². The molecule has 1 aromatic carbocycles. The van der Waals surface area contributed by atoms with Crippen molar-refractivity contribution in [1.29, 1.82) is 0 Å². The van der Waals surface area contributed by atoms with Crippen molar-refractivity contribution < 1.29 is 27.4 Å². The van der Waals surface area contributed by atoms with Crippen molar-refractivity contribution in [3.8, 4) is 0 Å². The fourth-order valence-corrected chi connectivity index (χ4v) is 5.06. The minimum absolute atomic E-state index is 0.109. The Morgan fingerprint density at radius 2 is 1.93 bits per heavy atom. The first-order chi connectivity index (χ1) is 13.7. The Morgan fingerprint density at radius 1 is 1.24 bits per heavy atom. The highest BCUT2D eigenvalue weighted by Gasteiger charge is 2.48. The number of sulfone groups is 1. The van der Waals surface area contributed by atoms with E-state index < -0.39 is 15.3 Å². The third-order valence-electron chi connectivity index (χ3n) is 5.71. The van der Waals surface area contributed by atoms with E-state index in [1.165, 1.54) is 5.41 Å². The maximum atomic E-state index is 12.5. The molecule has 0 spiro atoms. The first-order valence-electron chi connectivity index (χ1n) is 9.97. The van der Waals surface area contributed by atoms with Crippen LogP contribution in [0.25, 0.3) is 0 Å². The highest BCUT2D eigenvalue weighted by molar-refractivity contribution is 7.94. The van der Waals surface area contributed by atoms with Crippen LogP contribution in [0.3, 0.4) is 0 Å².